The molecule has 142 valence electrons. The molecule has 0 unspecified atom stereocenters. The van der Waals surface area contributed by atoms with E-state index in [1.54, 1.807) is 51.1 Å². The quantitative estimate of drug-likeness (QED) is 0.825. The third-order valence-electron chi connectivity index (χ3n) is 4.58. The minimum absolute atomic E-state index is 0.0551. The smallest absolute Gasteiger partial charge is 0.266 e. The number of nitriles is 1. The summed E-state index contributed by atoms with van der Waals surface area (Å²) in [4.78, 5) is 28.7. The van der Waals surface area contributed by atoms with Gasteiger partial charge in [0.15, 0.2) is 0 Å². The number of hydrogen-bond donors (Lipinski definition) is 1. The zero-order chi connectivity index (χ0) is 20.1. The number of benzene rings is 1. The van der Waals surface area contributed by atoms with Gasteiger partial charge in [-0.25, -0.2) is 0 Å². The topological polar surface area (TPSA) is 86.2 Å². The van der Waals surface area contributed by atoms with Crippen molar-refractivity contribution in [2.75, 3.05) is 14.2 Å². The van der Waals surface area contributed by atoms with Crippen molar-refractivity contribution in [3.63, 3.8) is 0 Å². The maximum atomic E-state index is 12.6. The van der Waals surface area contributed by atoms with E-state index in [1.165, 1.54) is 0 Å². The van der Waals surface area contributed by atoms with Crippen LogP contribution < -0.4 is 10.3 Å². The number of aromatic nitrogens is 1. The molecule has 0 aliphatic carbocycles. The first-order valence-electron chi connectivity index (χ1n) is 8.47. The average molecular weight is 388 g/mol. The van der Waals surface area contributed by atoms with Crippen molar-refractivity contribution in [3.8, 4) is 11.8 Å². The van der Waals surface area contributed by atoms with Crippen LogP contribution >= 0.6 is 11.6 Å². The highest BCUT2D eigenvalue weighted by Gasteiger charge is 2.16. The molecule has 6 nitrogen and oxygen atoms in total. The van der Waals surface area contributed by atoms with E-state index in [4.69, 9.17) is 21.6 Å². The van der Waals surface area contributed by atoms with Crippen LogP contribution in [-0.2, 0) is 17.8 Å². The number of amides is 1. The van der Waals surface area contributed by atoms with Crippen LogP contribution in [0.4, 0.5) is 0 Å². The number of methoxy groups -OCH3 is 1. The van der Waals surface area contributed by atoms with Crippen LogP contribution in [0.25, 0.3) is 0 Å². The average Bonchev–Trinajstić information content (AvgIpc) is 2.61. The number of halogens is 1. The first-order chi connectivity index (χ1) is 12.8. The van der Waals surface area contributed by atoms with Gasteiger partial charge in [-0.2, -0.15) is 5.26 Å². The highest BCUT2D eigenvalue weighted by molar-refractivity contribution is 6.30. The van der Waals surface area contributed by atoms with Crippen molar-refractivity contribution in [2.24, 2.45) is 0 Å². The number of carbonyl (C=O) groups excluding carboxylic acids is 1. The molecule has 0 atom stereocenters. The summed E-state index contributed by atoms with van der Waals surface area (Å²) >= 11 is 6.04. The van der Waals surface area contributed by atoms with Crippen molar-refractivity contribution < 1.29 is 9.53 Å². The van der Waals surface area contributed by atoms with Crippen molar-refractivity contribution in [3.05, 3.63) is 61.5 Å². The predicted molar refractivity (Wildman–Crippen MR) is 104 cm³/mol. The third-order valence-corrected chi connectivity index (χ3v) is 4.82. The minimum atomic E-state index is -0.396. The van der Waals surface area contributed by atoms with Crippen LogP contribution in [0.5, 0.6) is 5.75 Å². The first kappa shape index (κ1) is 20.5. The van der Waals surface area contributed by atoms with E-state index in [-0.39, 0.29) is 17.9 Å². The van der Waals surface area contributed by atoms with Crippen LogP contribution in [0.2, 0.25) is 5.02 Å². The number of hydrogen-bond acceptors (Lipinski definition) is 4. The molecule has 27 heavy (non-hydrogen) atoms. The van der Waals surface area contributed by atoms with Gasteiger partial charge >= 0.3 is 0 Å². The van der Waals surface area contributed by atoms with Crippen LogP contribution in [0.15, 0.2) is 23.0 Å². The van der Waals surface area contributed by atoms with Gasteiger partial charge < -0.3 is 14.6 Å². The molecule has 1 amide bonds. The van der Waals surface area contributed by atoms with Crippen LogP contribution in [0.3, 0.4) is 0 Å². The summed E-state index contributed by atoms with van der Waals surface area (Å²) in [6, 6.07) is 7.21. The number of H-pyrrole nitrogens is 1. The van der Waals surface area contributed by atoms with Gasteiger partial charge in [-0.05, 0) is 49.6 Å². The number of nitrogens with one attached hydrogen (secondary N) is 1. The number of nitrogens with zero attached hydrogens (tertiary/aromatic N) is 2. The van der Waals surface area contributed by atoms with Crippen molar-refractivity contribution in [1.82, 2.24) is 9.88 Å². The largest absolute Gasteiger partial charge is 0.496 e. The second kappa shape index (κ2) is 8.74. The van der Waals surface area contributed by atoms with Crippen molar-refractivity contribution in [2.45, 2.75) is 33.2 Å². The molecule has 0 saturated carbocycles. The number of carbonyl (C=O) groups is 1. The summed E-state index contributed by atoms with van der Waals surface area (Å²) < 4.78 is 5.32. The van der Waals surface area contributed by atoms with E-state index >= 15 is 0 Å². The molecular weight excluding hydrogens is 366 g/mol. The van der Waals surface area contributed by atoms with Crippen molar-refractivity contribution >= 4 is 17.5 Å². The van der Waals surface area contributed by atoms with E-state index < -0.39 is 5.56 Å². The molecule has 2 aromatic rings. The molecule has 2 rings (SSSR count). The summed E-state index contributed by atoms with van der Waals surface area (Å²) in [5, 5.41) is 9.73. The SMILES string of the molecule is COc1ccc(Cl)cc1CN(C)C(=O)CCc1c(C)[nH]c(=O)c(C#N)c1C. The Hall–Kier alpha value is -2.78. The van der Waals surface area contributed by atoms with Gasteiger partial charge in [0.05, 0.1) is 7.11 Å². The zero-order valence-electron chi connectivity index (χ0n) is 15.9. The van der Waals surface area contributed by atoms with Gasteiger partial charge in [0.25, 0.3) is 5.56 Å². The Morgan fingerprint density at radius 3 is 2.70 bits per heavy atom. The maximum Gasteiger partial charge on any atom is 0.266 e. The van der Waals surface area contributed by atoms with E-state index in [0.717, 1.165) is 11.1 Å². The summed E-state index contributed by atoms with van der Waals surface area (Å²) in [5.74, 6) is 0.616. The Bertz CT molecular complexity index is 960. The summed E-state index contributed by atoms with van der Waals surface area (Å²) in [6.45, 7) is 3.88. The van der Waals surface area contributed by atoms with Gasteiger partial charge in [0, 0.05) is 36.3 Å². The predicted octanol–water partition coefficient (Wildman–Crippen LogP) is 3.12. The molecule has 7 heteroatoms. The molecule has 1 aromatic heterocycles. The number of aromatic amines is 1. The van der Waals surface area contributed by atoms with Gasteiger partial charge in [-0.3, -0.25) is 9.59 Å². The molecule has 0 spiro atoms. The Morgan fingerprint density at radius 2 is 2.07 bits per heavy atom. The lowest BCUT2D eigenvalue weighted by atomic mass is 9.99. The van der Waals surface area contributed by atoms with E-state index in [2.05, 4.69) is 4.98 Å². The highest BCUT2D eigenvalue weighted by Crippen LogP contribution is 2.24. The molecule has 0 aliphatic heterocycles. The van der Waals surface area contributed by atoms with E-state index in [9.17, 15) is 9.59 Å². The van der Waals surface area contributed by atoms with Crippen LogP contribution in [0, 0.1) is 25.2 Å². The minimum Gasteiger partial charge on any atom is -0.496 e. The number of pyridine rings is 1. The number of ether oxygens (including phenoxy) is 1. The number of rotatable bonds is 6. The normalized spacial score (nSPS) is 10.4. The Morgan fingerprint density at radius 1 is 1.37 bits per heavy atom. The maximum absolute atomic E-state index is 12.6. The van der Waals surface area contributed by atoms with Crippen LogP contribution in [-0.4, -0.2) is 29.9 Å². The van der Waals surface area contributed by atoms with E-state index in [1.807, 2.05) is 6.07 Å². The molecular formula is C20H22ClN3O3. The fourth-order valence-corrected chi connectivity index (χ4v) is 3.25. The summed E-state index contributed by atoms with van der Waals surface area (Å²) in [7, 11) is 3.29. The first-order valence-corrected chi connectivity index (χ1v) is 8.85. The second-order valence-corrected chi connectivity index (χ2v) is 6.81. The lowest BCUT2D eigenvalue weighted by molar-refractivity contribution is -0.130. The van der Waals surface area contributed by atoms with Gasteiger partial charge in [0.1, 0.15) is 17.4 Å². The standard InChI is InChI=1S/C20H22ClN3O3/c1-12-16(13(2)23-20(26)17(12)10-22)6-8-19(25)24(3)11-14-9-15(21)5-7-18(14)27-4/h5,7,9H,6,8,11H2,1-4H3,(H,23,26). The fourth-order valence-electron chi connectivity index (χ4n) is 3.06. The third kappa shape index (κ3) is 4.69. The Kier molecular flexibility index (Phi) is 6.65. The van der Waals surface area contributed by atoms with Crippen LogP contribution in [0.1, 0.15) is 34.4 Å². The lowest BCUT2D eigenvalue weighted by Crippen LogP contribution is -2.27. The molecule has 0 saturated heterocycles. The number of aryl methyl sites for hydroxylation is 1. The molecule has 0 bridgehead atoms. The fraction of sp³-hybridized carbons (Fsp3) is 0.350. The van der Waals surface area contributed by atoms with Gasteiger partial charge in [-0.1, -0.05) is 11.6 Å². The second-order valence-electron chi connectivity index (χ2n) is 6.38. The summed E-state index contributed by atoms with van der Waals surface area (Å²) in [5.41, 5.74) is 2.67. The van der Waals surface area contributed by atoms with E-state index in [0.29, 0.717) is 35.0 Å². The zero-order valence-corrected chi connectivity index (χ0v) is 16.6. The van der Waals surface area contributed by atoms with Crippen molar-refractivity contribution in [1.29, 1.82) is 5.26 Å². The monoisotopic (exact) mass is 387 g/mol. The molecule has 1 heterocycles. The molecule has 1 N–H and O–H groups in total. The summed E-state index contributed by atoms with van der Waals surface area (Å²) in [6.07, 6.45) is 0.705. The Balaban J connectivity index is 2.12. The molecule has 0 radical (unpaired) electrons. The Labute approximate surface area is 163 Å². The van der Waals surface area contributed by atoms with Gasteiger partial charge in [-0.15, -0.1) is 0 Å². The highest BCUT2D eigenvalue weighted by atomic mass is 35.5. The molecule has 0 aliphatic rings. The molecule has 0 fully saturated rings. The van der Waals surface area contributed by atoms with Gasteiger partial charge in [0.2, 0.25) is 5.91 Å². The molecule has 1 aromatic carbocycles. The lowest BCUT2D eigenvalue weighted by Gasteiger charge is -2.20.